The van der Waals surface area contributed by atoms with E-state index in [9.17, 15) is 4.79 Å². The van der Waals surface area contributed by atoms with Crippen molar-refractivity contribution in [1.82, 2.24) is 10.2 Å². The van der Waals surface area contributed by atoms with E-state index in [0.29, 0.717) is 19.5 Å². The SMILES string of the molecule is COc1cccc(C2CN(CCC#N)C(=O)N2)c1. The van der Waals surface area contributed by atoms with Gasteiger partial charge in [0.25, 0.3) is 0 Å². The lowest BCUT2D eigenvalue weighted by Gasteiger charge is -2.13. The lowest BCUT2D eigenvalue weighted by molar-refractivity contribution is 0.218. The average molecular weight is 245 g/mol. The van der Waals surface area contributed by atoms with E-state index in [4.69, 9.17) is 10.00 Å². The molecule has 0 spiro atoms. The van der Waals surface area contributed by atoms with Crippen molar-refractivity contribution in [3.8, 4) is 11.8 Å². The molecular weight excluding hydrogens is 230 g/mol. The highest BCUT2D eigenvalue weighted by Gasteiger charge is 2.29. The van der Waals surface area contributed by atoms with Crippen LogP contribution in [0.2, 0.25) is 0 Å². The van der Waals surface area contributed by atoms with E-state index in [-0.39, 0.29) is 12.1 Å². The minimum absolute atomic E-state index is 0.0358. The van der Waals surface area contributed by atoms with Crippen molar-refractivity contribution in [3.05, 3.63) is 29.8 Å². The molecule has 1 N–H and O–H groups in total. The number of hydrogen-bond donors (Lipinski definition) is 1. The maximum atomic E-state index is 11.7. The van der Waals surface area contributed by atoms with Gasteiger partial charge in [0.05, 0.1) is 25.6 Å². The fourth-order valence-corrected chi connectivity index (χ4v) is 2.01. The normalized spacial score (nSPS) is 18.3. The van der Waals surface area contributed by atoms with Crippen LogP contribution < -0.4 is 10.1 Å². The number of carbonyl (C=O) groups is 1. The first-order valence-corrected chi connectivity index (χ1v) is 5.81. The number of urea groups is 1. The second-order valence-corrected chi connectivity index (χ2v) is 4.13. The summed E-state index contributed by atoms with van der Waals surface area (Å²) in [6, 6.07) is 9.54. The number of nitrogens with zero attached hydrogens (tertiary/aromatic N) is 2. The summed E-state index contributed by atoms with van der Waals surface area (Å²) < 4.78 is 5.16. The van der Waals surface area contributed by atoms with Gasteiger partial charge in [0, 0.05) is 13.1 Å². The summed E-state index contributed by atoms with van der Waals surface area (Å²) in [7, 11) is 1.62. The molecule has 18 heavy (non-hydrogen) atoms. The predicted molar refractivity (Wildman–Crippen MR) is 66.1 cm³/mol. The molecule has 0 aromatic heterocycles. The number of nitrogens with one attached hydrogen (secondary N) is 1. The Labute approximate surface area is 106 Å². The van der Waals surface area contributed by atoms with Gasteiger partial charge in [-0.05, 0) is 17.7 Å². The van der Waals surface area contributed by atoms with Gasteiger partial charge < -0.3 is 15.0 Å². The molecule has 0 saturated carbocycles. The summed E-state index contributed by atoms with van der Waals surface area (Å²) in [5.41, 5.74) is 1.02. The van der Waals surface area contributed by atoms with Crippen molar-refractivity contribution in [2.45, 2.75) is 12.5 Å². The Morgan fingerprint density at radius 2 is 2.44 bits per heavy atom. The van der Waals surface area contributed by atoms with Gasteiger partial charge in [-0.15, -0.1) is 0 Å². The topological polar surface area (TPSA) is 65.4 Å². The zero-order valence-corrected chi connectivity index (χ0v) is 10.2. The Bertz CT molecular complexity index is 481. The summed E-state index contributed by atoms with van der Waals surface area (Å²) in [6.45, 7) is 1.07. The third-order valence-electron chi connectivity index (χ3n) is 2.98. The van der Waals surface area contributed by atoms with Crippen molar-refractivity contribution < 1.29 is 9.53 Å². The van der Waals surface area contributed by atoms with Crippen molar-refractivity contribution in [1.29, 1.82) is 5.26 Å². The first-order chi connectivity index (χ1) is 8.74. The van der Waals surface area contributed by atoms with E-state index < -0.39 is 0 Å². The highest BCUT2D eigenvalue weighted by Crippen LogP contribution is 2.23. The highest BCUT2D eigenvalue weighted by molar-refractivity contribution is 5.77. The Morgan fingerprint density at radius 1 is 1.61 bits per heavy atom. The van der Waals surface area contributed by atoms with E-state index >= 15 is 0 Å². The first-order valence-electron chi connectivity index (χ1n) is 5.81. The molecule has 0 bridgehead atoms. The molecule has 5 nitrogen and oxygen atoms in total. The second kappa shape index (κ2) is 5.41. The molecule has 0 radical (unpaired) electrons. The number of amides is 2. The van der Waals surface area contributed by atoms with Gasteiger partial charge in [-0.25, -0.2) is 4.79 Å². The Hall–Kier alpha value is -2.22. The van der Waals surface area contributed by atoms with Gasteiger partial charge in [-0.2, -0.15) is 5.26 Å². The Morgan fingerprint density at radius 3 is 3.17 bits per heavy atom. The first kappa shape index (κ1) is 12.2. The molecule has 1 fully saturated rings. The fourth-order valence-electron chi connectivity index (χ4n) is 2.01. The summed E-state index contributed by atoms with van der Waals surface area (Å²) in [5.74, 6) is 0.775. The number of carbonyl (C=O) groups excluding carboxylic acids is 1. The summed E-state index contributed by atoms with van der Waals surface area (Å²) >= 11 is 0. The van der Waals surface area contributed by atoms with Gasteiger partial charge in [0.15, 0.2) is 0 Å². The van der Waals surface area contributed by atoms with Crippen LogP contribution in [-0.4, -0.2) is 31.1 Å². The Kier molecular flexibility index (Phi) is 3.68. The molecule has 1 aliphatic heterocycles. The molecule has 1 atom stereocenters. The maximum absolute atomic E-state index is 11.7. The third-order valence-corrected chi connectivity index (χ3v) is 2.98. The van der Waals surface area contributed by atoms with Crippen LogP contribution in [0.25, 0.3) is 0 Å². The highest BCUT2D eigenvalue weighted by atomic mass is 16.5. The smallest absolute Gasteiger partial charge is 0.318 e. The summed E-state index contributed by atoms with van der Waals surface area (Å²) in [6.07, 6.45) is 0.359. The van der Waals surface area contributed by atoms with E-state index in [0.717, 1.165) is 11.3 Å². The minimum atomic E-state index is -0.113. The zero-order valence-electron chi connectivity index (χ0n) is 10.2. The number of ether oxygens (including phenoxy) is 1. The van der Waals surface area contributed by atoms with Crippen LogP contribution in [0.4, 0.5) is 4.79 Å². The van der Waals surface area contributed by atoms with Gasteiger partial charge in [0.2, 0.25) is 0 Å². The van der Waals surface area contributed by atoms with E-state index in [1.54, 1.807) is 12.0 Å². The third kappa shape index (κ3) is 2.54. The van der Waals surface area contributed by atoms with Gasteiger partial charge >= 0.3 is 6.03 Å². The van der Waals surface area contributed by atoms with Crippen LogP contribution in [0, 0.1) is 11.3 Å². The number of methoxy groups -OCH3 is 1. The van der Waals surface area contributed by atoms with Crippen molar-refractivity contribution >= 4 is 6.03 Å². The summed E-state index contributed by atoms with van der Waals surface area (Å²) in [4.78, 5) is 13.4. The molecule has 1 aromatic rings. The van der Waals surface area contributed by atoms with Crippen molar-refractivity contribution in [3.63, 3.8) is 0 Å². The van der Waals surface area contributed by atoms with Crippen LogP contribution >= 0.6 is 0 Å². The Balaban J connectivity index is 2.07. The lowest BCUT2D eigenvalue weighted by atomic mass is 10.1. The molecule has 2 amide bonds. The van der Waals surface area contributed by atoms with Crippen LogP contribution in [0.5, 0.6) is 5.75 Å². The molecule has 2 rings (SSSR count). The number of nitriles is 1. The van der Waals surface area contributed by atoms with Gasteiger partial charge in [0.1, 0.15) is 5.75 Å². The fraction of sp³-hybridized carbons (Fsp3) is 0.385. The molecule has 94 valence electrons. The van der Waals surface area contributed by atoms with Gasteiger partial charge in [-0.1, -0.05) is 12.1 Å². The lowest BCUT2D eigenvalue weighted by Crippen LogP contribution is -2.28. The second-order valence-electron chi connectivity index (χ2n) is 4.13. The number of rotatable bonds is 4. The van der Waals surface area contributed by atoms with Crippen molar-refractivity contribution in [2.24, 2.45) is 0 Å². The molecule has 5 heteroatoms. The quantitative estimate of drug-likeness (QED) is 0.877. The minimum Gasteiger partial charge on any atom is -0.497 e. The van der Waals surface area contributed by atoms with Crippen LogP contribution in [0.1, 0.15) is 18.0 Å². The number of hydrogen-bond acceptors (Lipinski definition) is 3. The summed E-state index contributed by atoms with van der Waals surface area (Å²) in [5, 5.41) is 11.4. The maximum Gasteiger partial charge on any atom is 0.318 e. The molecular formula is C13H15N3O2. The molecule has 1 unspecified atom stereocenters. The van der Waals surface area contributed by atoms with E-state index in [1.807, 2.05) is 30.3 Å². The predicted octanol–water partition coefficient (Wildman–Crippen LogP) is 1.68. The van der Waals surface area contributed by atoms with Crippen LogP contribution in [0.3, 0.4) is 0 Å². The molecule has 1 aromatic carbocycles. The monoisotopic (exact) mass is 245 g/mol. The molecule has 1 saturated heterocycles. The van der Waals surface area contributed by atoms with Crippen molar-refractivity contribution in [2.75, 3.05) is 20.2 Å². The molecule has 0 aliphatic carbocycles. The zero-order chi connectivity index (χ0) is 13.0. The largest absolute Gasteiger partial charge is 0.497 e. The molecule has 1 aliphatic rings. The standard InChI is InChI=1S/C13H15N3O2/c1-18-11-5-2-4-10(8-11)12-9-16(7-3-6-14)13(17)15-12/h2,4-5,8,12H,3,7,9H2,1H3,(H,15,17). The molecule has 1 heterocycles. The van der Waals surface area contributed by atoms with Crippen LogP contribution in [0.15, 0.2) is 24.3 Å². The number of benzene rings is 1. The van der Waals surface area contributed by atoms with Crippen LogP contribution in [-0.2, 0) is 0 Å². The van der Waals surface area contributed by atoms with E-state index in [2.05, 4.69) is 5.32 Å². The van der Waals surface area contributed by atoms with Gasteiger partial charge in [-0.3, -0.25) is 0 Å². The van der Waals surface area contributed by atoms with E-state index in [1.165, 1.54) is 0 Å². The average Bonchev–Trinajstić information content (AvgIpc) is 2.78.